The molecule has 0 saturated heterocycles. The van der Waals surface area contributed by atoms with Crippen LogP contribution in [0.3, 0.4) is 0 Å². The Morgan fingerprint density at radius 3 is 1.70 bits per heavy atom. The largest absolute Gasteiger partial charge is 0.308 e. The van der Waals surface area contributed by atoms with Crippen LogP contribution in [0, 0.1) is 0 Å². The molecule has 2 nitrogen and oxygen atoms in total. The van der Waals surface area contributed by atoms with E-state index in [9.17, 15) is 0 Å². The third kappa shape index (κ3) is 3.97. The number of anilines is 3. The Balaban J connectivity index is 1.93. The standard InChI is InChI=1S/C31H40N2P2S2/c1-10-32(11-2)35(37)26-14-12-13-25-29(26)33(24-18-16-22(20-28(24)35)31(6,7)8)23-17-15-21(30(3,4)5)19-27(23)34(25,9)36/h12-20H,10-11H2,1-9H3. The molecule has 0 bridgehead atoms. The van der Waals surface area contributed by atoms with Crippen molar-refractivity contribution in [2.75, 3.05) is 24.7 Å². The van der Waals surface area contributed by atoms with Crippen LogP contribution in [0.5, 0.6) is 0 Å². The summed E-state index contributed by atoms with van der Waals surface area (Å²) in [5.41, 5.74) is 6.55. The molecule has 0 aliphatic carbocycles. The van der Waals surface area contributed by atoms with E-state index in [4.69, 9.17) is 23.6 Å². The summed E-state index contributed by atoms with van der Waals surface area (Å²) >= 11 is 13.5. The molecule has 0 aromatic heterocycles. The lowest BCUT2D eigenvalue weighted by Crippen LogP contribution is -2.46. The summed E-state index contributed by atoms with van der Waals surface area (Å²) in [6.07, 6.45) is -2.25. The summed E-state index contributed by atoms with van der Waals surface area (Å²) in [6, 6.07) is 18.9. The molecule has 0 radical (unpaired) electrons. The number of hydrogen-bond donors (Lipinski definition) is 0. The highest BCUT2D eigenvalue weighted by Crippen LogP contribution is 2.61. The topological polar surface area (TPSA) is 6.48 Å². The van der Waals surface area contributed by atoms with Gasteiger partial charge in [-0.25, -0.2) is 0 Å². The zero-order valence-electron chi connectivity index (χ0n) is 23.7. The third-order valence-electron chi connectivity index (χ3n) is 8.08. The smallest absolute Gasteiger partial charge is 0.0751 e. The Labute approximate surface area is 234 Å². The van der Waals surface area contributed by atoms with Crippen molar-refractivity contribution in [2.45, 2.75) is 66.2 Å². The van der Waals surface area contributed by atoms with Crippen molar-refractivity contribution in [3.8, 4) is 0 Å². The quantitative estimate of drug-likeness (QED) is 0.311. The molecule has 0 fully saturated rings. The molecule has 2 aliphatic rings. The van der Waals surface area contributed by atoms with E-state index in [1.807, 2.05) is 0 Å². The van der Waals surface area contributed by atoms with Crippen molar-refractivity contribution in [1.29, 1.82) is 0 Å². The molecule has 3 aromatic carbocycles. The van der Waals surface area contributed by atoms with Crippen molar-refractivity contribution in [2.24, 2.45) is 0 Å². The third-order valence-corrected chi connectivity index (χ3v) is 17.1. The minimum Gasteiger partial charge on any atom is -0.308 e. The van der Waals surface area contributed by atoms with Crippen LogP contribution in [0.1, 0.15) is 66.5 Å². The highest BCUT2D eigenvalue weighted by atomic mass is 32.4. The van der Waals surface area contributed by atoms with Gasteiger partial charge in [0.2, 0.25) is 0 Å². The summed E-state index contributed by atoms with van der Waals surface area (Å²) in [6.45, 7) is 22.4. The predicted molar refractivity (Wildman–Crippen MR) is 174 cm³/mol. The van der Waals surface area contributed by atoms with E-state index < -0.39 is 12.2 Å². The van der Waals surface area contributed by atoms with E-state index in [0.29, 0.717) is 0 Å². The maximum atomic E-state index is 6.88. The van der Waals surface area contributed by atoms with Crippen LogP contribution in [-0.2, 0) is 34.4 Å². The van der Waals surface area contributed by atoms with Crippen LogP contribution in [0.15, 0.2) is 54.6 Å². The van der Waals surface area contributed by atoms with Crippen molar-refractivity contribution >= 4 is 74.1 Å². The van der Waals surface area contributed by atoms with E-state index >= 15 is 0 Å². The summed E-state index contributed by atoms with van der Waals surface area (Å²) in [5, 5.41) is 5.26. The van der Waals surface area contributed by atoms with E-state index in [0.717, 1.165) is 13.1 Å². The minimum absolute atomic E-state index is 0.0483. The summed E-state index contributed by atoms with van der Waals surface area (Å²) in [7, 11) is 0. The van der Waals surface area contributed by atoms with E-state index in [1.165, 1.54) is 49.4 Å². The lowest BCUT2D eigenvalue weighted by Gasteiger charge is -2.48. The van der Waals surface area contributed by atoms with Gasteiger partial charge in [0.05, 0.1) is 23.3 Å². The SMILES string of the molecule is CCN(CC)P1(=S)c2cc(C(C)(C)C)ccc2N2c3ccc(C(C)(C)C)cc3P(C)(=S)c3cccc1c32. The number of fused-ring (bicyclic) bond motifs is 4. The molecule has 0 amide bonds. The monoisotopic (exact) mass is 566 g/mol. The van der Waals surface area contributed by atoms with Gasteiger partial charge in [0, 0.05) is 40.3 Å². The van der Waals surface area contributed by atoms with Crippen molar-refractivity contribution in [1.82, 2.24) is 4.67 Å². The fourth-order valence-electron chi connectivity index (χ4n) is 5.84. The van der Waals surface area contributed by atoms with Crippen molar-refractivity contribution in [3.63, 3.8) is 0 Å². The minimum atomic E-state index is -2.25. The van der Waals surface area contributed by atoms with Crippen LogP contribution >= 0.6 is 12.2 Å². The second kappa shape index (κ2) is 8.87. The number of para-hydroxylation sites is 1. The van der Waals surface area contributed by atoms with Gasteiger partial charge < -0.3 is 4.90 Å². The first-order valence-corrected chi connectivity index (χ1v) is 19.3. The lowest BCUT2D eigenvalue weighted by atomic mass is 9.86. The van der Waals surface area contributed by atoms with Crippen LogP contribution in [-0.4, -0.2) is 24.4 Å². The van der Waals surface area contributed by atoms with E-state index in [1.54, 1.807) is 0 Å². The molecule has 5 rings (SSSR count). The number of hydrogen-bond acceptors (Lipinski definition) is 3. The van der Waals surface area contributed by atoms with Gasteiger partial charge in [0.1, 0.15) is 0 Å². The fourth-order valence-corrected chi connectivity index (χ4v) is 13.9. The Morgan fingerprint density at radius 2 is 1.19 bits per heavy atom. The van der Waals surface area contributed by atoms with Gasteiger partial charge in [-0.15, -0.1) is 0 Å². The zero-order chi connectivity index (χ0) is 27.1. The lowest BCUT2D eigenvalue weighted by molar-refractivity contribution is 0.513. The molecule has 0 saturated carbocycles. The van der Waals surface area contributed by atoms with Crippen LogP contribution < -0.4 is 26.1 Å². The first-order valence-electron chi connectivity index (χ1n) is 13.3. The molecule has 37 heavy (non-hydrogen) atoms. The maximum Gasteiger partial charge on any atom is 0.0751 e. The van der Waals surface area contributed by atoms with Gasteiger partial charge in [-0.3, -0.25) is 4.67 Å². The van der Waals surface area contributed by atoms with Crippen LogP contribution in [0.25, 0.3) is 0 Å². The van der Waals surface area contributed by atoms with Gasteiger partial charge in [-0.05, 0) is 52.9 Å². The molecular weight excluding hydrogens is 526 g/mol. The molecule has 2 atom stereocenters. The van der Waals surface area contributed by atoms with Gasteiger partial charge in [-0.1, -0.05) is 109 Å². The Morgan fingerprint density at radius 1 is 0.703 bits per heavy atom. The normalized spacial score (nSPS) is 22.5. The number of nitrogens with zero attached hydrogens (tertiary/aromatic N) is 2. The summed E-state index contributed by atoms with van der Waals surface area (Å²) in [5.74, 6) is 0. The van der Waals surface area contributed by atoms with Crippen LogP contribution in [0.2, 0.25) is 0 Å². The Hall–Kier alpha value is -1.28. The van der Waals surface area contributed by atoms with E-state index in [-0.39, 0.29) is 10.8 Å². The molecule has 2 unspecified atom stereocenters. The molecule has 6 heteroatoms. The molecule has 3 aromatic rings. The van der Waals surface area contributed by atoms with Crippen LogP contribution in [0.4, 0.5) is 17.1 Å². The second-order valence-electron chi connectivity index (χ2n) is 12.5. The molecule has 2 aliphatic heterocycles. The molecular formula is C31H40N2P2S2. The fraction of sp³-hybridized carbons (Fsp3) is 0.419. The molecule has 0 spiro atoms. The Bertz CT molecular complexity index is 1510. The summed E-state index contributed by atoms with van der Waals surface area (Å²) < 4.78 is 2.55. The van der Waals surface area contributed by atoms with Gasteiger partial charge in [0.15, 0.2) is 0 Å². The van der Waals surface area contributed by atoms with Gasteiger partial charge >= 0.3 is 0 Å². The summed E-state index contributed by atoms with van der Waals surface area (Å²) in [4.78, 5) is 2.51. The average molecular weight is 567 g/mol. The highest BCUT2D eigenvalue weighted by Gasteiger charge is 2.45. The van der Waals surface area contributed by atoms with E-state index in [2.05, 4.69) is 126 Å². The zero-order valence-corrected chi connectivity index (χ0v) is 27.1. The number of benzene rings is 3. The van der Waals surface area contributed by atoms with Crippen molar-refractivity contribution in [3.05, 3.63) is 65.7 Å². The predicted octanol–water partition coefficient (Wildman–Crippen LogP) is 7.13. The maximum absolute atomic E-state index is 6.88. The van der Waals surface area contributed by atoms with Gasteiger partial charge in [-0.2, -0.15) is 0 Å². The first kappa shape index (κ1) is 27.3. The second-order valence-corrected chi connectivity index (χ2v) is 21.8. The molecule has 196 valence electrons. The Kier molecular flexibility index (Phi) is 6.54. The van der Waals surface area contributed by atoms with Gasteiger partial charge in [0.25, 0.3) is 0 Å². The first-order chi connectivity index (χ1) is 17.2. The number of rotatable bonds is 3. The van der Waals surface area contributed by atoms with Crippen molar-refractivity contribution < 1.29 is 0 Å². The average Bonchev–Trinajstić information content (AvgIpc) is 2.83. The molecule has 0 N–H and O–H groups in total. The highest BCUT2D eigenvalue weighted by molar-refractivity contribution is 8.22. The molecule has 2 heterocycles.